The highest BCUT2D eigenvalue weighted by Gasteiger charge is 2.23. The number of rotatable bonds is 9. The molecule has 0 amide bonds. The van der Waals surface area contributed by atoms with Gasteiger partial charge in [0.05, 0.1) is 0 Å². The zero-order valence-electron chi connectivity index (χ0n) is 12.5. The molecule has 0 aromatic carbocycles. The molecule has 1 aromatic heterocycles. The molecule has 0 fully saturated rings. The largest absolute Gasteiger partial charge is 0.385 e. The Bertz CT molecular complexity index is 509. The Balaban J connectivity index is 2.64. The van der Waals surface area contributed by atoms with Crippen LogP contribution in [0.1, 0.15) is 25.1 Å². The summed E-state index contributed by atoms with van der Waals surface area (Å²) in [4.78, 5) is 1.01. The SMILES string of the molecule is CNCc1ccc(S(=O)(=O)NCC(C)(C)CCOC)s1. The first-order chi connectivity index (χ1) is 9.30. The Morgan fingerprint density at radius 1 is 1.35 bits per heavy atom. The van der Waals surface area contributed by atoms with Gasteiger partial charge in [-0.3, -0.25) is 0 Å². The number of nitrogens with one attached hydrogen (secondary N) is 2. The maximum atomic E-state index is 12.2. The van der Waals surface area contributed by atoms with E-state index in [-0.39, 0.29) is 5.41 Å². The Kier molecular flexibility index (Phi) is 6.60. The molecular weight excluding hydrogens is 296 g/mol. The van der Waals surface area contributed by atoms with Gasteiger partial charge in [-0.05, 0) is 31.0 Å². The van der Waals surface area contributed by atoms with E-state index < -0.39 is 10.0 Å². The summed E-state index contributed by atoms with van der Waals surface area (Å²) in [6, 6.07) is 3.49. The molecule has 0 atom stereocenters. The molecule has 0 radical (unpaired) electrons. The van der Waals surface area contributed by atoms with Gasteiger partial charge in [-0.2, -0.15) is 0 Å². The van der Waals surface area contributed by atoms with E-state index in [2.05, 4.69) is 10.0 Å². The van der Waals surface area contributed by atoms with Gasteiger partial charge < -0.3 is 10.1 Å². The fourth-order valence-electron chi connectivity index (χ4n) is 1.60. The second-order valence-electron chi connectivity index (χ2n) is 5.48. The molecule has 0 unspecified atom stereocenters. The molecule has 0 saturated carbocycles. The molecule has 0 aliphatic carbocycles. The predicted molar refractivity (Wildman–Crippen MR) is 82.5 cm³/mol. The van der Waals surface area contributed by atoms with Crippen LogP contribution in [-0.2, 0) is 21.3 Å². The van der Waals surface area contributed by atoms with Gasteiger partial charge in [0, 0.05) is 31.7 Å². The van der Waals surface area contributed by atoms with Crippen molar-refractivity contribution >= 4 is 21.4 Å². The van der Waals surface area contributed by atoms with Gasteiger partial charge in [0.25, 0.3) is 0 Å². The lowest BCUT2D eigenvalue weighted by Crippen LogP contribution is -2.34. The smallest absolute Gasteiger partial charge is 0.250 e. The molecule has 2 N–H and O–H groups in total. The van der Waals surface area contributed by atoms with E-state index in [0.717, 1.165) is 11.3 Å². The lowest BCUT2D eigenvalue weighted by atomic mass is 9.90. The monoisotopic (exact) mass is 320 g/mol. The quantitative estimate of drug-likeness (QED) is 0.728. The van der Waals surface area contributed by atoms with Gasteiger partial charge in [0.15, 0.2) is 0 Å². The number of ether oxygens (including phenoxy) is 1. The molecule has 0 aliphatic heterocycles. The van der Waals surface area contributed by atoms with Crippen LogP contribution in [0.15, 0.2) is 16.3 Å². The second-order valence-corrected chi connectivity index (χ2v) is 8.64. The Labute approximate surface area is 125 Å². The van der Waals surface area contributed by atoms with Crippen LogP contribution < -0.4 is 10.0 Å². The van der Waals surface area contributed by atoms with E-state index in [1.165, 1.54) is 11.3 Å². The van der Waals surface area contributed by atoms with Crippen LogP contribution in [0.5, 0.6) is 0 Å². The van der Waals surface area contributed by atoms with Gasteiger partial charge >= 0.3 is 0 Å². The summed E-state index contributed by atoms with van der Waals surface area (Å²) in [5.41, 5.74) is -0.131. The standard InChI is InChI=1S/C13H24N2O3S2/c1-13(2,7-8-18-4)10-15-20(16,17)12-6-5-11(19-12)9-14-3/h5-6,14-15H,7-10H2,1-4H3. The van der Waals surface area contributed by atoms with Crippen molar-refractivity contribution < 1.29 is 13.2 Å². The van der Waals surface area contributed by atoms with Crippen molar-refractivity contribution in [1.82, 2.24) is 10.0 Å². The van der Waals surface area contributed by atoms with E-state index in [1.54, 1.807) is 13.2 Å². The third-order valence-electron chi connectivity index (χ3n) is 2.98. The highest BCUT2D eigenvalue weighted by molar-refractivity contribution is 7.91. The number of hydrogen-bond donors (Lipinski definition) is 2. The van der Waals surface area contributed by atoms with E-state index in [9.17, 15) is 8.42 Å². The summed E-state index contributed by atoms with van der Waals surface area (Å²) >= 11 is 1.30. The molecule has 1 rings (SSSR count). The minimum atomic E-state index is -3.42. The third kappa shape index (κ3) is 5.49. The summed E-state index contributed by atoms with van der Waals surface area (Å²) in [6.07, 6.45) is 0.807. The van der Waals surface area contributed by atoms with E-state index in [0.29, 0.717) is 23.9 Å². The van der Waals surface area contributed by atoms with E-state index >= 15 is 0 Å². The summed E-state index contributed by atoms with van der Waals surface area (Å²) in [5, 5.41) is 3.01. The highest BCUT2D eigenvalue weighted by atomic mass is 32.2. The van der Waals surface area contributed by atoms with Crippen molar-refractivity contribution in [2.24, 2.45) is 5.41 Å². The minimum absolute atomic E-state index is 0.131. The first-order valence-corrected chi connectivity index (χ1v) is 8.82. The molecule has 1 aromatic rings. The van der Waals surface area contributed by atoms with E-state index in [1.807, 2.05) is 27.0 Å². The van der Waals surface area contributed by atoms with Crippen molar-refractivity contribution in [3.05, 3.63) is 17.0 Å². The average molecular weight is 320 g/mol. The lowest BCUT2D eigenvalue weighted by molar-refractivity contribution is 0.153. The average Bonchev–Trinajstić information content (AvgIpc) is 2.84. The fraction of sp³-hybridized carbons (Fsp3) is 0.692. The van der Waals surface area contributed by atoms with Crippen molar-refractivity contribution in [3.8, 4) is 0 Å². The van der Waals surface area contributed by atoms with Crippen LogP contribution in [0.2, 0.25) is 0 Å². The van der Waals surface area contributed by atoms with Gasteiger partial charge in [0.1, 0.15) is 4.21 Å². The number of thiophene rings is 1. The van der Waals surface area contributed by atoms with Gasteiger partial charge in [0.2, 0.25) is 10.0 Å². The topological polar surface area (TPSA) is 67.4 Å². The molecule has 1 heterocycles. The summed E-state index contributed by atoms with van der Waals surface area (Å²) < 4.78 is 32.5. The molecule has 116 valence electrons. The van der Waals surface area contributed by atoms with Gasteiger partial charge in [-0.15, -0.1) is 11.3 Å². The van der Waals surface area contributed by atoms with Crippen molar-refractivity contribution in [1.29, 1.82) is 0 Å². The molecule has 0 saturated heterocycles. The van der Waals surface area contributed by atoms with Crippen molar-refractivity contribution in [2.75, 3.05) is 27.3 Å². The van der Waals surface area contributed by atoms with Crippen LogP contribution in [-0.4, -0.2) is 35.7 Å². The molecule has 0 aliphatic rings. The molecule has 0 bridgehead atoms. The van der Waals surface area contributed by atoms with Crippen LogP contribution in [0.3, 0.4) is 0 Å². The van der Waals surface area contributed by atoms with Crippen molar-refractivity contribution in [3.63, 3.8) is 0 Å². The molecule has 20 heavy (non-hydrogen) atoms. The summed E-state index contributed by atoms with van der Waals surface area (Å²) in [5.74, 6) is 0. The van der Waals surface area contributed by atoms with Crippen molar-refractivity contribution in [2.45, 2.75) is 31.0 Å². The third-order valence-corrected chi connectivity index (χ3v) is 5.95. The van der Waals surface area contributed by atoms with Crippen LogP contribution in [0.25, 0.3) is 0 Å². The zero-order valence-corrected chi connectivity index (χ0v) is 14.2. The molecule has 5 nitrogen and oxygen atoms in total. The van der Waals surface area contributed by atoms with Crippen LogP contribution >= 0.6 is 11.3 Å². The Hall–Kier alpha value is -0.470. The fourth-order valence-corrected chi connectivity index (χ4v) is 4.25. The maximum Gasteiger partial charge on any atom is 0.250 e. The highest BCUT2D eigenvalue weighted by Crippen LogP contribution is 2.23. The summed E-state index contributed by atoms with van der Waals surface area (Å²) in [6.45, 7) is 5.75. The zero-order chi connectivity index (χ0) is 15.2. The maximum absolute atomic E-state index is 12.2. The molecule has 7 heteroatoms. The predicted octanol–water partition coefficient (Wildman–Crippen LogP) is 1.81. The number of methoxy groups -OCH3 is 1. The lowest BCUT2D eigenvalue weighted by Gasteiger charge is -2.24. The Morgan fingerprint density at radius 3 is 2.65 bits per heavy atom. The Morgan fingerprint density at radius 2 is 2.05 bits per heavy atom. The van der Waals surface area contributed by atoms with Crippen LogP contribution in [0, 0.1) is 5.41 Å². The van der Waals surface area contributed by atoms with Crippen LogP contribution in [0.4, 0.5) is 0 Å². The molecular formula is C13H24N2O3S2. The first-order valence-electron chi connectivity index (χ1n) is 6.53. The second kappa shape index (κ2) is 7.51. The normalized spacial score (nSPS) is 12.8. The van der Waals surface area contributed by atoms with E-state index in [4.69, 9.17) is 4.74 Å². The van der Waals surface area contributed by atoms with Gasteiger partial charge in [-0.25, -0.2) is 13.1 Å². The number of sulfonamides is 1. The number of hydrogen-bond acceptors (Lipinski definition) is 5. The summed E-state index contributed by atoms with van der Waals surface area (Å²) in [7, 11) is 0.0697. The van der Waals surface area contributed by atoms with Gasteiger partial charge in [-0.1, -0.05) is 13.8 Å². The minimum Gasteiger partial charge on any atom is -0.385 e. The first kappa shape index (κ1) is 17.6. The molecule has 0 spiro atoms.